The molecule has 0 amide bonds. The monoisotopic (exact) mass is 242 g/mol. The number of nitrogens with zero attached hydrogens (tertiary/aromatic N) is 1. The highest BCUT2D eigenvalue weighted by Gasteiger charge is 2.38. The molecular weight excluding hydrogens is 220 g/mol. The van der Waals surface area contributed by atoms with Gasteiger partial charge in [0.25, 0.3) is 0 Å². The van der Waals surface area contributed by atoms with Crippen LogP contribution in [0.4, 0.5) is 0 Å². The molecule has 1 fully saturated rings. The lowest BCUT2D eigenvalue weighted by atomic mass is 9.95. The molecule has 0 aromatic heterocycles. The van der Waals surface area contributed by atoms with Gasteiger partial charge in [0.15, 0.2) is 5.17 Å². The van der Waals surface area contributed by atoms with Gasteiger partial charge in [-0.05, 0) is 33.6 Å². The van der Waals surface area contributed by atoms with Gasteiger partial charge in [-0.2, -0.15) is 0 Å². The van der Waals surface area contributed by atoms with Crippen LogP contribution in [0.3, 0.4) is 0 Å². The highest BCUT2D eigenvalue weighted by atomic mass is 32.2. The molecule has 2 heterocycles. The zero-order valence-electron chi connectivity index (χ0n) is 10.6. The predicted molar refractivity (Wildman–Crippen MR) is 70.1 cm³/mol. The van der Waals surface area contributed by atoms with Gasteiger partial charge in [0.05, 0.1) is 17.7 Å². The fourth-order valence-electron chi connectivity index (χ4n) is 2.31. The summed E-state index contributed by atoms with van der Waals surface area (Å²) in [5, 5.41) is 5.36. The molecule has 0 aromatic carbocycles. The summed E-state index contributed by atoms with van der Waals surface area (Å²) in [6, 6.07) is 0.444. The number of nitrogens with one attached hydrogen (secondary N) is 1. The largest absolute Gasteiger partial charge is 0.376 e. The zero-order chi connectivity index (χ0) is 11.8. The summed E-state index contributed by atoms with van der Waals surface area (Å²) in [4.78, 5) is 4.69. The molecule has 3 nitrogen and oxygen atoms in total. The van der Waals surface area contributed by atoms with Gasteiger partial charge in [-0.1, -0.05) is 18.7 Å². The van der Waals surface area contributed by atoms with Crippen molar-refractivity contribution in [3.8, 4) is 0 Å². The van der Waals surface area contributed by atoms with Crippen molar-refractivity contribution in [3.05, 3.63) is 0 Å². The molecule has 2 aliphatic heterocycles. The number of hydrogen-bond donors (Lipinski definition) is 1. The second-order valence-corrected chi connectivity index (χ2v) is 6.68. The molecule has 1 N–H and O–H groups in total. The van der Waals surface area contributed by atoms with Crippen molar-refractivity contribution < 1.29 is 4.74 Å². The van der Waals surface area contributed by atoms with E-state index in [2.05, 4.69) is 38.0 Å². The SMILES string of the molecule is CC1CC(C)SC(NC2(C)CCOC2C)=N1. The van der Waals surface area contributed by atoms with Crippen LogP contribution in [-0.4, -0.2) is 34.7 Å². The van der Waals surface area contributed by atoms with Crippen molar-refractivity contribution in [1.82, 2.24) is 5.32 Å². The Labute approximate surface area is 102 Å². The van der Waals surface area contributed by atoms with Crippen LogP contribution in [-0.2, 0) is 4.74 Å². The quantitative estimate of drug-likeness (QED) is 0.766. The summed E-state index contributed by atoms with van der Waals surface area (Å²) in [6.45, 7) is 9.69. The number of aliphatic imine (C=N–C) groups is 1. The topological polar surface area (TPSA) is 33.6 Å². The first kappa shape index (κ1) is 12.2. The Hall–Kier alpha value is -0.220. The van der Waals surface area contributed by atoms with Crippen LogP contribution in [0.15, 0.2) is 4.99 Å². The third kappa shape index (κ3) is 2.54. The van der Waals surface area contributed by atoms with E-state index in [0.29, 0.717) is 11.3 Å². The fraction of sp³-hybridized carbons (Fsp3) is 0.917. The summed E-state index contributed by atoms with van der Waals surface area (Å²) >= 11 is 1.86. The lowest BCUT2D eigenvalue weighted by Crippen LogP contribution is -2.50. The predicted octanol–water partition coefficient (Wildman–Crippen LogP) is 2.41. The Bertz CT molecular complexity index is 295. The van der Waals surface area contributed by atoms with Crippen molar-refractivity contribution in [2.45, 2.75) is 63.5 Å². The van der Waals surface area contributed by atoms with Gasteiger partial charge >= 0.3 is 0 Å². The van der Waals surface area contributed by atoms with E-state index in [0.717, 1.165) is 18.2 Å². The second kappa shape index (κ2) is 4.57. The molecule has 92 valence electrons. The van der Waals surface area contributed by atoms with Gasteiger partial charge in [-0.3, -0.25) is 4.99 Å². The molecule has 0 spiro atoms. The summed E-state index contributed by atoms with van der Waals surface area (Å²) in [5.74, 6) is 0. The Kier molecular flexibility index (Phi) is 3.50. The molecule has 4 unspecified atom stereocenters. The second-order valence-electron chi connectivity index (χ2n) is 5.25. The minimum Gasteiger partial charge on any atom is -0.376 e. The maximum atomic E-state index is 5.64. The molecule has 2 rings (SSSR count). The highest BCUT2D eigenvalue weighted by Crippen LogP contribution is 2.29. The van der Waals surface area contributed by atoms with E-state index in [1.807, 2.05) is 11.8 Å². The molecule has 0 bridgehead atoms. The van der Waals surface area contributed by atoms with Gasteiger partial charge < -0.3 is 10.1 Å². The zero-order valence-corrected chi connectivity index (χ0v) is 11.4. The van der Waals surface area contributed by atoms with Gasteiger partial charge in [-0.25, -0.2) is 0 Å². The summed E-state index contributed by atoms with van der Waals surface area (Å²) in [7, 11) is 0. The van der Waals surface area contributed by atoms with Crippen LogP contribution in [0.5, 0.6) is 0 Å². The normalized spacial score (nSPS) is 44.2. The van der Waals surface area contributed by atoms with E-state index in [-0.39, 0.29) is 11.6 Å². The van der Waals surface area contributed by atoms with Gasteiger partial charge in [0.2, 0.25) is 0 Å². The van der Waals surface area contributed by atoms with Crippen molar-refractivity contribution in [2.24, 2.45) is 4.99 Å². The van der Waals surface area contributed by atoms with Gasteiger partial charge in [0, 0.05) is 11.9 Å². The third-order valence-corrected chi connectivity index (χ3v) is 4.63. The molecule has 16 heavy (non-hydrogen) atoms. The van der Waals surface area contributed by atoms with Crippen LogP contribution in [0.2, 0.25) is 0 Å². The number of thioether (sulfide) groups is 1. The minimum absolute atomic E-state index is 0.0581. The minimum atomic E-state index is 0.0581. The first-order valence-electron chi connectivity index (χ1n) is 6.14. The number of rotatable bonds is 1. The van der Waals surface area contributed by atoms with Crippen LogP contribution >= 0.6 is 11.8 Å². The maximum absolute atomic E-state index is 5.64. The standard InChI is InChI=1S/C12H22N2OS/c1-8-7-9(2)16-11(13-8)14-12(4)5-6-15-10(12)3/h8-10H,5-7H2,1-4H3,(H,13,14). The van der Waals surface area contributed by atoms with E-state index in [9.17, 15) is 0 Å². The smallest absolute Gasteiger partial charge is 0.157 e. The maximum Gasteiger partial charge on any atom is 0.157 e. The van der Waals surface area contributed by atoms with Gasteiger partial charge in [-0.15, -0.1) is 0 Å². The number of hydrogen-bond acceptors (Lipinski definition) is 4. The molecule has 0 radical (unpaired) electrons. The van der Waals surface area contributed by atoms with Crippen LogP contribution in [0.1, 0.15) is 40.5 Å². The lowest BCUT2D eigenvalue weighted by molar-refractivity contribution is 0.0950. The van der Waals surface area contributed by atoms with E-state index in [1.165, 1.54) is 6.42 Å². The Morgan fingerprint density at radius 2 is 2.19 bits per heavy atom. The van der Waals surface area contributed by atoms with Crippen LogP contribution in [0, 0.1) is 0 Å². The number of ether oxygens (including phenoxy) is 1. The van der Waals surface area contributed by atoms with Crippen molar-refractivity contribution in [3.63, 3.8) is 0 Å². The van der Waals surface area contributed by atoms with E-state index in [4.69, 9.17) is 4.74 Å². The lowest BCUT2D eigenvalue weighted by Gasteiger charge is -2.33. The molecule has 0 aliphatic carbocycles. The Balaban J connectivity index is 2.04. The third-order valence-electron chi connectivity index (χ3n) is 3.60. The first-order valence-corrected chi connectivity index (χ1v) is 7.02. The molecule has 4 atom stereocenters. The molecule has 0 aromatic rings. The van der Waals surface area contributed by atoms with E-state index >= 15 is 0 Å². The molecule has 2 aliphatic rings. The first-order chi connectivity index (χ1) is 7.49. The fourth-order valence-corrected chi connectivity index (χ4v) is 3.60. The van der Waals surface area contributed by atoms with Crippen LogP contribution < -0.4 is 5.32 Å². The molecule has 1 saturated heterocycles. The van der Waals surface area contributed by atoms with Crippen molar-refractivity contribution in [2.75, 3.05) is 6.61 Å². The van der Waals surface area contributed by atoms with Crippen molar-refractivity contribution in [1.29, 1.82) is 0 Å². The summed E-state index contributed by atoms with van der Waals surface area (Å²) in [6.07, 6.45) is 2.51. The Morgan fingerprint density at radius 3 is 2.75 bits per heavy atom. The average molecular weight is 242 g/mol. The van der Waals surface area contributed by atoms with E-state index in [1.54, 1.807) is 0 Å². The van der Waals surface area contributed by atoms with E-state index < -0.39 is 0 Å². The van der Waals surface area contributed by atoms with Crippen molar-refractivity contribution >= 4 is 16.9 Å². The highest BCUT2D eigenvalue weighted by molar-refractivity contribution is 8.14. The van der Waals surface area contributed by atoms with Crippen LogP contribution in [0.25, 0.3) is 0 Å². The summed E-state index contributed by atoms with van der Waals surface area (Å²) in [5.41, 5.74) is 0.0581. The molecular formula is C12H22N2OS. The Morgan fingerprint density at radius 1 is 1.44 bits per heavy atom. The summed E-state index contributed by atoms with van der Waals surface area (Å²) < 4.78 is 5.64. The molecule has 4 heteroatoms. The van der Waals surface area contributed by atoms with Gasteiger partial charge in [0.1, 0.15) is 0 Å². The molecule has 0 saturated carbocycles. The average Bonchev–Trinajstić information content (AvgIpc) is 2.44. The number of amidine groups is 1.